The predicted octanol–water partition coefficient (Wildman–Crippen LogP) is 5.74. The highest BCUT2D eigenvalue weighted by Gasteiger charge is 2.26. The number of benzene rings is 1. The number of thiophene rings is 1. The molecule has 0 aliphatic rings. The number of methoxy groups -OCH3 is 1. The lowest BCUT2D eigenvalue weighted by Crippen LogP contribution is -2.08. The molecule has 0 radical (unpaired) electrons. The number of carbonyl (C=O) groups excluding carboxylic acids is 2. The van der Waals surface area contributed by atoms with Crippen LogP contribution in [0.2, 0.25) is 0 Å². The van der Waals surface area contributed by atoms with E-state index in [0.717, 1.165) is 28.2 Å². The van der Waals surface area contributed by atoms with Gasteiger partial charge in [-0.05, 0) is 38.8 Å². The second-order valence-electron chi connectivity index (χ2n) is 7.14. The Balaban J connectivity index is 1.95. The first-order chi connectivity index (χ1) is 15.8. The maximum absolute atomic E-state index is 12.5. The average molecular weight is 482 g/mol. The van der Waals surface area contributed by atoms with E-state index in [-0.39, 0.29) is 12.2 Å². The van der Waals surface area contributed by atoms with Gasteiger partial charge in [-0.3, -0.25) is 0 Å². The SMILES string of the molecule is CCOC(=O)c1c(N/C=C(/C#N)c2nc(-c3ccc(C)cc3C)cs2)sc(C(=O)OC)c1C. The summed E-state index contributed by atoms with van der Waals surface area (Å²) < 4.78 is 9.96. The van der Waals surface area contributed by atoms with E-state index in [1.54, 1.807) is 13.8 Å². The smallest absolute Gasteiger partial charge is 0.348 e. The van der Waals surface area contributed by atoms with Crippen molar-refractivity contribution in [3.63, 3.8) is 0 Å². The van der Waals surface area contributed by atoms with Crippen LogP contribution in [0, 0.1) is 32.1 Å². The van der Waals surface area contributed by atoms with Crippen molar-refractivity contribution in [2.75, 3.05) is 19.0 Å². The van der Waals surface area contributed by atoms with Crippen LogP contribution in [0.4, 0.5) is 5.00 Å². The first kappa shape index (κ1) is 24.2. The Bertz CT molecular complexity index is 1280. The number of nitrogens with zero attached hydrogens (tertiary/aromatic N) is 2. The third kappa shape index (κ3) is 5.13. The minimum atomic E-state index is -0.554. The Morgan fingerprint density at radius 1 is 1.24 bits per heavy atom. The summed E-state index contributed by atoms with van der Waals surface area (Å²) in [6.07, 6.45) is 1.49. The van der Waals surface area contributed by atoms with E-state index in [1.165, 1.54) is 30.2 Å². The van der Waals surface area contributed by atoms with Crippen molar-refractivity contribution in [3.05, 3.63) is 61.9 Å². The van der Waals surface area contributed by atoms with Gasteiger partial charge in [-0.25, -0.2) is 14.6 Å². The van der Waals surface area contributed by atoms with E-state index < -0.39 is 11.9 Å². The van der Waals surface area contributed by atoms with E-state index in [0.29, 0.717) is 26.0 Å². The fourth-order valence-corrected chi connectivity index (χ4v) is 5.12. The molecule has 0 saturated heterocycles. The van der Waals surface area contributed by atoms with Gasteiger partial charge in [-0.1, -0.05) is 23.8 Å². The van der Waals surface area contributed by atoms with Gasteiger partial charge in [0.2, 0.25) is 0 Å². The van der Waals surface area contributed by atoms with Gasteiger partial charge in [0.25, 0.3) is 0 Å². The molecular formula is C24H23N3O4S2. The fraction of sp³-hybridized carbons (Fsp3) is 0.250. The number of hydrogen-bond donors (Lipinski definition) is 1. The quantitative estimate of drug-likeness (QED) is 0.339. The number of hydrogen-bond acceptors (Lipinski definition) is 9. The van der Waals surface area contributed by atoms with Gasteiger partial charge in [0, 0.05) is 17.1 Å². The van der Waals surface area contributed by atoms with Gasteiger partial charge in [-0.2, -0.15) is 5.26 Å². The van der Waals surface area contributed by atoms with Crippen molar-refractivity contribution in [2.45, 2.75) is 27.7 Å². The molecule has 0 fully saturated rings. The van der Waals surface area contributed by atoms with Crippen LogP contribution in [0.5, 0.6) is 0 Å². The van der Waals surface area contributed by atoms with E-state index in [9.17, 15) is 14.9 Å². The summed E-state index contributed by atoms with van der Waals surface area (Å²) in [6, 6.07) is 8.29. The van der Waals surface area contributed by atoms with Gasteiger partial charge in [-0.15, -0.1) is 22.7 Å². The number of esters is 2. The lowest BCUT2D eigenvalue weighted by Gasteiger charge is -2.05. The molecule has 7 nitrogen and oxygen atoms in total. The number of nitrogens with one attached hydrogen (secondary N) is 1. The van der Waals surface area contributed by atoms with Crippen molar-refractivity contribution in [1.82, 2.24) is 4.98 Å². The molecule has 1 aromatic carbocycles. The Morgan fingerprint density at radius 3 is 2.64 bits per heavy atom. The van der Waals surface area contributed by atoms with Crippen LogP contribution in [-0.2, 0) is 9.47 Å². The van der Waals surface area contributed by atoms with Crippen LogP contribution >= 0.6 is 22.7 Å². The molecule has 1 N–H and O–H groups in total. The summed E-state index contributed by atoms with van der Waals surface area (Å²) in [5.41, 5.74) is 5.09. The van der Waals surface area contributed by atoms with E-state index >= 15 is 0 Å². The third-order valence-corrected chi connectivity index (χ3v) is 6.94. The molecule has 33 heavy (non-hydrogen) atoms. The maximum Gasteiger partial charge on any atom is 0.348 e. The monoisotopic (exact) mass is 481 g/mol. The fourth-order valence-electron chi connectivity index (χ4n) is 3.25. The number of thiazole rings is 1. The number of aromatic nitrogens is 1. The van der Waals surface area contributed by atoms with Crippen LogP contribution in [0.25, 0.3) is 16.8 Å². The highest BCUT2D eigenvalue weighted by molar-refractivity contribution is 7.18. The van der Waals surface area contributed by atoms with Gasteiger partial charge in [0.1, 0.15) is 26.5 Å². The van der Waals surface area contributed by atoms with Crippen molar-refractivity contribution in [2.24, 2.45) is 0 Å². The third-order valence-electron chi connectivity index (χ3n) is 4.86. The normalized spacial score (nSPS) is 11.1. The molecule has 0 bridgehead atoms. The zero-order valence-electron chi connectivity index (χ0n) is 18.9. The van der Waals surface area contributed by atoms with Crippen LogP contribution in [0.3, 0.4) is 0 Å². The number of ether oxygens (including phenoxy) is 2. The Labute approximate surface area is 200 Å². The predicted molar refractivity (Wildman–Crippen MR) is 131 cm³/mol. The number of anilines is 1. The van der Waals surface area contributed by atoms with E-state index in [4.69, 9.17) is 9.47 Å². The van der Waals surface area contributed by atoms with Crippen LogP contribution in [-0.4, -0.2) is 30.6 Å². The number of nitriles is 1. The zero-order valence-corrected chi connectivity index (χ0v) is 20.6. The molecule has 0 aliphatic carbocycles. The molecule has 3 rings (SSSR count). The van der Waals surface area contributed by atoms with Gasteiger partial charge < -0.3 is 14.8 Å². The summed E-state index contributed by atoms with van der Waals surface area (Å²) in [5.74, 6) is -1.10. The van der Waals surface area contributed by atoms with Crippen molar-refractivity contribution in [1.29, 1.82) is 5.26 Å². The molecule has 9 heteroatoms. The Morgan fingerprint density at radius 2 is 2.00 bits per heavy atom. The summed E-state index contributed by atoms with van der Waals surface area (Å²) in [7, 11) is 1.28. The minimum absolute atomic E-state index is 0.195. The minimum Gasteiger partial charge on any atom is -0.465 e. The number of carbonyl (C=O) groups is 2. The average Bonchev–Trinajstić information content (AvgIpc) is 3.39. The summed E-state index contributed by atoms with van der Waals surface area (Å²) in [5, 5.41) is 15.6. The molecular weight excluding hydrogens is 458 g/mol. The standard InChI is InChI=1S/C24H23N3O4S2/c1-6-31-23(28)19-15(4)20(24(29)30-5)33-22(19)26-11-16(10-25)21-27-18(12-32-21)17-8-7-13(2)9-14(17)3/h7-9,11-12,26H,6H2,1-5H3/b16-11-. The van der Waals surface area contributed by atoms with Crippen molar-refractivity contribution < 1.29 is 19.1 Å². The highest BCUT2D eigenvalue weighted by Crippen LogP contribution is 2.35. The van der Waals surface area contributed by atoms with Crippen molar-refractivity contribution >= 4 is 45.2 Å². The molecule has 2 heterocycles. The topological polar surface area (TPSA) is 101 Å². The Kier molecular flexibility index (Phi) is 7.63. The second kappa shape index (κ2) is 10.4. The zero-order chi connectivity index (χ0) is 24.1. The molecule has 2 aromatic heterocycles. The number of allylic oxidation sites excluding steroid dienone is 1. The molecule has 0 saturated carbocycles. The summed E-state index contributed by atoms with van der Waals surface area (Å²) in [6.45, 7) is 7.62. The lowest BCUT2D eigenvalue weighted by atomic mass is 10.0. The van der Waals surface area contributed by atoms with Gasteiger partial charge in [0.15, 0.2) is 0 Å². The second-order valence-corrected chi connectivity index (χ2v) is 9.02. The van der Waals surface area contributed by atoms with Gasteiger partial charge >= 0.3 is 11.9 Å². The van der Waals surface area contributed by atoms with Crippen LogP contribution in [0.15, 0.2) is 29.8 Å². The number of aryl methyl sites for hydroxylation is 2. The highest BCUT2D eigenvalue weighted by atomic mass is 32.1. The molecule has 3 aromatic rings. The molecule has 0 spiro atoms. The summed E-state index contributed by atoms with van der Waals surface area (Å²) in [4.78, 5) is 29.5. The first-order valence-corrected chi connectivity index (χ1v) is 11.8. The van der Waals surface area contributed by atoms with Crippen LogP contribution in [0.1, 0.15) is 48.7 Å². The molecule has 0 aliphatic heterocycles. The summed E-state index contributed by atoms with van der Waals surface area (Å²) >= 11 is 2.42. The lowest BCUT2D eigenvalue weighted by molar-refractivity contribution is 0.0527. The van der Waals surface area contributed by atoms with E-state index in [1.807, 2.05) is 31.4 Å². The number of rotatable bonds is 7. The van der Waals surface area contributed by atoms with Crippen LogP contribution < -0.4 is 5.32 Å². The largest absolute Gasteiger partial charge is 0.465 e. The maximum atomic E-state index is 12.5. The molecule has 0 unspecified atom stereocenters. The van der Waals surface area contributed by atoms with Crippen molar-refractivity contribution in [3.8, 4) is 17.3 Å². The molecule has 0 amide bonds. The van der Waals surface area contributed by atoms with E-state index in [2.05, 4.69) is 22.4 Å². The molecule has 0 atom stereocenters. The molecule has 170 valence electrons. The van der Waals surface area contributed by atoms with Gasteiger partial charge in [0.05, 0.1) is 25.0 Å². The first-order valence-electron chi connectivity index (χ1n) is 10.1. The Hall–Kier alpha value is -3.48.